The number of piperidine rings is 1. The lowest BCUT2D eigenvalue weighted by Gasteiger charge is -2.36. The smallest absolute Gasteiger partial charge is 0.351 e. The number of hydrogen-bond acceptors (Lipinski definition) is 2. The third-order valence-electron chi connectivity index (χ3n) is 2.83. The molecule has 0 aliphatic carbocycles. The summed E-state index contributed by atoms with van der Waals surface area (Å²) >= 11 is 0. The first-order valence-electron chi connectivity index (χ1n) is 5.64. The van der Waals surface area contributed by atoms with Crippen LogP contribution in [0.4, 0.5) is 13.2 Å². The summed E-state index contributed by atoms with van der Waals surface area (Å²) in [5.74, 6) is -2.29. The molecule has 0 aromatic heterocycles. The predicted molar refractivity (Wildman–Crippen MR) is 58.6 cm³/mol. The Balaban J connectivity index is 2.65. The number of carbonyl (C=O) groups excluding carboxylic acids is 2. The number of nitrogens with zero attached hydrogens (tertiary/aromatic N) is 1. The fourth-order valence-electron chi connectivity index (χ4n) is 1.93. The topological polar surface area (TPSA) is 49.4 Å². The van der Waals surface area contributed by atoms with Gasteiger partial charge in [-0.1, -0.05) is 6.58 Å². The van der Waals surface area contributed by atoms with Crippen LogP contribution in [-0.4, -0.2) is 42.0 Å². The van der Waals surface area contributed by atoms with E-state index in [4.69, 9.17) is 0 Å². The van der Waals surface area contributed by atoms with Crippen molar-refractivity contribution < 1.29 is 22.8 Å². The molecule has 0 bridgehead atoms. The van der Waals surface area contributed by atoms with Crippen molar-refractivity contribution in [1.82, 2.24) is 10.2 Å². The van der Waals surface area contributed by atoms with Gasteiger partial charge in [-0.3, -0.25) is 9.59 Å². The van der Waals surface area contributed by atoms with Gasteiger partial charge in [0.25, 0.3) is 0 Å². The Bertz CT molecular complexity index is 342. The first kappa shape index (κ1) is 14.5. The molecule has 1 fully saturated rings. The second-order valence-electron chi connectivity index (χ2n) is 4.10. The maximum atomic E-state index is 12.4. The highest BCUT2D eigenvalue weighted by atomic mass is 19.4. The second-order valence-corrected chi connectivity index (χ2v) is 4.10. The van der Waals surface area contributed by atoms with Gasteiger partial charge in [0.15, 0.2) is 0 Å². The van der Waals surface area contributed by atoms with Gasteiger partial charge in [0.2, 0.25) is 5.91 Å². The average molecular weight is 264 g/mol. The van der Waals surface area contributed by atoms with Crippen molar-refractivity contribution in [2.24, 2.45) is 0 Å². The zero-order valence-corrected chi connectivity index (χ0v) is 9.79. The number of amides is 2. The number of hydrogen-bond donors (Lipinski definition) is 1. The number of alkyl halides is 3. The minimum absolute atomic E-state index is 0.0205. The summed E-state index contributed by atoms with van der Waals surface area (Å²) in [5, 5.41) is 2.42. The van der Waals surface area contributed by atoms with Gasteiger partial charge in [-0.15, -0.1) is 0 Å². The maximum Gasteiger partial charge on any atom is 0.471 e. The lowest BCUT2D eigenvalue weighted by Crippen LogP contribution is -2.53. The molecule has 1 saturated heterocycles. The van der Waals surface area contributed by atoms with E-state index in [1.165, 1.54) is 0 Å². The minimum Gasteiger partial charge on any atom is -0.351 e. The van der Waals surface area contributed by atoms with Gasteiger partial charge < -0.3 is 10.2 Å². The SMILES string of the molecule is C=CC(=O)NCC1CCCCN1C(=O)C(F)(F)F. The lowest BCUT2D eigenvalue weighted by molar-refractivity contribution is -0.189. The molecule has 1 unspecified atom stereocenters. The molecule has 0 spiro atoms. The lowest BCUT2D eigenvalue weighted by atomic mass is 10.0. The highest BCUT2D eigenvalue weighted by Gasteiger charge is 2.45. The third kappa shape index (κ3) is 3.75. The number of rotatable bonds is 3. The molecule has 1 rings (SSSR count). The van der Waals surface area contributed by atoms with Crippen LogP contribution in [0.15, 0.2) is 12.7 Å². The first-order valence-corrected chi connectivity index (χ1v) is 5.64. The van der Waals surface area contributed by atoms with Crippen molar-refractivity contribution >= 4 is 11.8 Å². The Morgan fingerprint density at radius 2 is 2.06 bits per heavy atom. The van der Waals surface area contributed by atoms with E-state index < -0.39 is 24.0 Å². The van der Waals surface area contributed by atoms with E-state index in [1.807, 2.05) is 0 Å². The standard InChI is InChI=1S/C11H15F3N2O2/c1-2-9(17)15-7-8-5-3-4-6-16(8)10(18)11(12,13)14/h2,8H,1,3-7H2,(H,15,17). The van der Waals surface area contributed by atoms with Crippen molar-refractivity contribution in [2.45, 2.75) is 31.5 Å². The average Bonchev–Trinajstić information content (AvgIpc) is 2.34. The second kappa shape index (κ2) is 5.88. The number of nitrogens with one attached hydrogen (secondary N) is 1. The molecule has 1 aliphatic rings. The number of halogens is 3. The van der Waals surface area contributed by atoms with Crippen molar-refractivity contribution in [3.8, 4) is 0 Å². The fraction of sp³-hybridized carbons (Fsp3) is 0.636. The van der Waals surface area contributed by atoms with Crippen LogP contribution in [0, 0.1) is 0 Å². The van der Waals surface area contributed by atoms with Crippen LogP contribution in [0.1, 0.15) is 19.3 Å². The van der Waals surface area contributed by atoms with Gasteiger partial charge in [0.05, 0.1) is 0 Å². The Kier molecular flexibility index (Phi) is 4.75. The molecule has 0 aromatic carbocycles. The molecule has 0 aromatic rings. The van der Waals surface area contributed by atoms with Crippen LogP contribution in [0.5, 0.6) is 0 Å². The molecule has 1 heterocycles. The van der Waals surface area contributed by atoms with Gasteiger partial charge in [-0.25, -0.2) is 0 Å². The quantitative estimate of drug-likeness (QED) is 0.779. The van der Waals surface area contributed by atoms with Crippen LogP contribution in [0.2, 0.25) is 0 Å². The monoisotopic (exact) mass is 264 g/mol. The molecule has 2 amide bonds. The van der Waals surface area contributed by atoms with E-state index in [1.54, 1.807) is 0 Å². The first-order chi connectivity index (χ1) is 8.36. The van der Waals surface area contributed by atoms with Crippen LogP contribution < -0.4 is 5.32 Å². The summed E-state index contributed by atoms with van der Waals surface area (Å²) < 4.78 is 37.1. The van der Waals surface area contributed by atoms with E-state index in [0.717, 1.165) is 17.4 Å². The Labute approximate surface area is 103 Å². The summed E-state index contributed by atoms with van der Waals surface area (Å²) in [6.45, 7) is 3.34. The van der Waals surface area contributed by atoms with Crippen molar-refractivity contribution in [3.05, 3.63) is 12.7 Å². The molecule has 1 atom stereocenters. The van der Waals surface area contributed by atoms with E-state index in [2.05, 4.69) is 11.9 Å². The maximum absolute atomic E-state index is 12.4. The van der Waals surface area contributed by atoms with Crippen LogP contribution in [0.25, 0.3) is 0 Å². The third-order valence-corrected chi connectivity index (χ3v) is 2.83. The van der Waals surface area contributed by atoms with Gasteiger partial charge in [-0.2, -0.15) is 13.2 Å². The van der Waals surface area contributed by atoms with Gasteiger partial charge in [0.1, 0.15) is 0 Å². The largest absolute Gasteiger partial charge is 0.471 e. The zero-order valence-electron chi connectivity index (χ0n) is 9.79. The van der Waals surface area contributed by atoms with E-state index in [0.29, 0.717) is 12.8 Å². The molecular formula is C11H15F3N2O2. The highest BCUT2D eigenvalue weighted by molar-refractivity contribution is 5.87. The molecule has 18 heavy (non-hydrogen) atoms. The predicted octanol–water partition coefficient (Wildman–Crippen LogP) is 1.23. The van der Waals surface area contributed by atoms with Gasteiger partial charge >= 0.3 is 12.1 Å². The summed E-state index contributed by atoms with van der Waals surface area (Å²) in [6, 6.07) is -0.600. The molecule has 0 saturated carbocycles. The normalized spacial score (nSPS) is 20.4. The summed E-state index contributed by atoms with van der Waals surface area (Å²) in [5.41, 5.74) is 0. The number of likely N-dealkylation sites (tertiary alicyclic amines) is 1. The van der Waals surface area contributed by atoms with Crippen molar-refractivity contribution in [1.29, 1.82) is 0 Å². The molecule has 0 radical (unpaired) electrons. The van der Waals surface area contributed by atoms with Crippen LogP contribution >= 0.6 is 0 Å². The fourth-order valence-corrected chi connectivity index (χ4v) is 1.93. The molecule has 102 valence electrons. The Morgan fingerprint density at radius 1 is 1.39 bits per heavy atom. The van der Waals surface area contributed by atoms with Crippen molar-refractivity contribution in [2.75, 3.05) is 13.1 Å². The number of carbonyl (C=O) groups is 2. The highest BCUT2D eigenvalue weighted by Crippen LogP contribution is 2.24. The Morgan fingerprint density at radius 3 is 2.61 bits per heavy atom. The molecule has 7 heteroatoms. The molecule has 1 N–H and O–H groups in total. The van der Waals surface area contributed by atoms with Gasteiger partial charge in [-0.05, 0) is 25.3 Å². The molecule has 4 nitrogen and oxygen atoms in total. The summed E-state index contributed by atoms with van der Waals surface area (Å²) in [7, 11) is 0. The zero-order chi connectivity index (χ0) is 13.8. The van der Waals surface area contributed by atoms with Crippen LogP contribution in [0.3, 0.4) is 0 Å². The minimum atomic E-state index is -4.86. The molecular weight excluding hydrogens is 249 g/mol. The van der Waals surface area contributed by atoms with Gasteiger partial charge in [0, 0.05) is 19.1 Å². The van der Waals surface area contributed by atoms with Crippen LogP contribution in [-0.2, 0) is 9.59 Å². The molecule has 1 aliphatic heterocycles. The summed E-state index contributed by atoms with van der Waals surface area (Å²) in [6.07, 6.45) is -2.07. The van der Waals surface area contributed by atoms with E-state index in [-0.39, 0.29) is 13.1 Å². The van der Waals surface area contributed by atoms with E-state index in [9.17, 15) is 22.8 Å². The van der Waals surface area contributed by atoms with Crippen molar-refractivity contribution in [3.63, 3.8) is 0 Å². The van der Waals surface area contributed by atoms with E-state index >= 15 is 0 Å². The summed E-state index contributed by atoms with van der Waals surface area (Å²) in [4.78, 5) is 23.0. The Hall–Kier alpha value is -1.53.